The van der Waals surface area contributed by atoms with Gasteiger partial charge in [0, 0.05) is 55.9 Å². The number of hydrogen-bond acceptors (Lipinski definition) is 5. The van der Waals surface area contributed by atoms with Gasteiger partial charge in [0.1, 0.15) is 6.33 Å². The summed E-state index contributed by atoms with van der Waals surface area (Å²) in [7, 11) is 0. The van der Waals surface area contributed by atoms with E-state index >= 15 is 0 Å². The molecule has 46 heavy (non-hydrogen) atoms. The predicted octanol–water partition coefficient (Wildman–Crippen LogP) is 9.07. The maximum absolute atomic E-state index is 4.99. The minimum Gasteiger partial charge on any atom is -0.309 e. The Morgan fingerprint density at radius 1 is 0.543 bits per heavy atom. The van der Waals surface area contributed by atoms with Gasteiger partial charge in [-0.25, -0.2) is 24.9 Å². The van der Waals surface area contributed by atoms with E-state index in [1.54, 1.807) is 6.33 Å². The minimum atomic E-state index is -0.212. The van der Waals surface area contributed by atoms with Crippen LogP contribution in [0.2, 0.25) is 0 Å². The Balaban J connectivity index is 1.26. The van der Waals surface area contributed by atoms with Crippen LogP contribution in [0.3, 0.4) is 0 Å². The molecule has 1 aliphatic carbocycles. The van der Waals surface area contributed by atoms with Crippen molar-refractivity contribution in [2.24, 2.45) is 0 Å². The van der Waals surface area contributed by atoms with Gasteiger partial charge in [-0.3, -0.25) is 0 Å². The van der Waals surface area contributed by atoms with E-state index in [0.717, 1.165) is 44.7 Å². The Kier molecular flexibility index (Phi) is 5.74. The zero-order chi connectivity index (χ0) is 30.8. The molecule has 8 aromatic rings. The summed E-state index contributed by atoms with van der Waals surface area (Å²) in [5.41, 5.74) is 10.6. The first kappa shape index (κ1) is 26.4. The van der Waals surface area contributed by atoms with E-state index < -0.39 is 0 Å². The van der Waals surface area contributed by atoms with Crippen molar-refractivity contribution in [3.8, 4) is 51.1 Å². The highest BCUT2D eigenvalue weighted by Gasteiger charge is 2.37. The van der Waals surface area contributed by atoms with Crippen LogP contribution in [0.5, 0.6) is 0 Å². The Morgan fingerprint density at radius 2 is 1.17 bits per heavy atom. The van der Waals surface area contributed by atoms with Crippen LogP contribution in [0.1, 0.15) is 25.0 Å². The third kappa shape index (κ3) is 4.00. The van der Waals surface area contributed by atoms with Crippen LogP contribution in [0.4, 0.5) is 0 Å². The Hall–Kier alpha value is -6.01. The summed E-state index contributed by atoms with van der Waals surface area (Å²) >= 11 is 0. The van der Waals surface area contributed by atoms with Gasteiger partial charge in [-0.15, -0.1) is 0 Å². The normalized spacial score (nSPS) is 13.2. The topological polar surface area (TPSA) is 69.4 Å². The third-order valence-corrected chi connectivity index (χ3v) is 9.19. The molecule has 6 nitrogen and oxygen atoms in total. The molecule has 3 heterocycles. The summed E-state index contributed by atoms with van der Waals surface area (Å²) in [4.78, 5) is 23.9. The lowest BCUT2D eigenvalue weighted by atomic mass is 9.83. The second-order valence-corrected chi connectivity index (χ2v) is 12.3. The molecule has 0 fully saturated rings. The molecule has 9 rings (SSSR count). The second-order valence-electron chi connectivity index (χ2n) is 12.3. The van der Waals surface area contributed by atoms with Gasteiger partial charge >= 0.3 is 0 Å². The molecule has 3 aromatic heterocycles. The van der Waals surface area contributed by atoms with Gasteiger partial charge in [0.25, 0.3) is 0 Å². The molecular weight excluding hydrogens is 564 g/mol. The minimum absolute atomic E-state index is 0.212. The summed E-state index contributed by atoms with van der Waals surface area (Å²) in [6.45, 7) is 4.52. The molecule has 0 bridgehead atoms. The fourth-order valence-corrected chi connectivity index (χ4v) is 6.87. The molecule has 0 radical (unpaired) electrons. The lowest BCUT2D eigenvalue weighted by molar-refractivity contribution is 0.655. The van der Waals surface area contributed by atoms with Crippen molar-refractivity contribution in [2.75, 3.05) is 0 Å². The first-order valence-corrected chi connectivity index (χ1v) is 15.4. The molecule has 0 amide bonds. The standard InChI is InChI=1S/C40H28N6/c1-40(2)32-22-35-30(21-31(32)36-33(40)23-41-24-42-36)29-18-9-10-19-34(29)46(35)28-17-11-16-27(20-28)39-44-37(25-12-5-3-6-13-25)43-38(45-39)26-14-7-4-8-15-26/h3-24H,1-2H3. The van der Waals surface area contributed by atoms with Crippen molar-refractivity contribution in [2.45, 2.75) is 19.3 Å². The highest BCUT2D eigenvalue weighted by atomic mass is 15.0. The van der Waals surface area contributed by atoms with Gasteiger partial charge in [0.2, 0.25) is 0 Å². The Morgan fingerprint density at radius 3 is 1.89 bits per heavy atom. The van der Waals surface area contributed by atoms with Gasteiger partial charge in [0.15, 0.2) is 17.5 Å². The number of aromatic nitrogens is 6. The average molecular weight is 593 g/mol. The molecule has 0 atom stereocenters. The van der Waals surface area contributed by atoms with Crippen LogP contribution in [-0.2, 0) is 5.41 Å². The quantitative estimate of drug-likeness (QED) is 0.204. The van der Waals surface area contributed by atoms with Gasteiger partial charge in [-0.05, 0) is 35.9 Å². The maximum atomic E-state index is 4.99. The SMILES string of the molecule is CC1(C)c2cc3c(cc2-c2ncncc21)c1ccccc1n3-c1cccc(-c2nc(-c3ccccc3)nc(-c3ccccc3)n2)c1. The highest BCUT2D eigenvalue weighted by Crippen LogP contribution is 2.49. The van der Waals surface area contributed by atoms with E-state index in [2.05, 4.69) is 84.1 Å². The van der Waals surface area contributed by atoms with Crippen molar-refractivity contribution in [1.29, 1.82) is 0 Å². The summed E-state index contributed by atoms with van der Waals surface area (Å²) < 4.78 is 2.36. The Labute approximate surface area is 266 Å². The molecule has 0 saturated carbocycles. The highest BCUT2D eigenvalue weighted by molar-refractivity contribution is 6.11. The zero-order valence-electron chi connectivity index (χ0n) is 25.4. The molecule has 5 aromatic carbocycles. The van der Waals surface area contributed by atoms with Crippen LogP contribution in [0.25, 0.3) is 72.9 Å². The first-order chi connectivity index (χ1) is 22.6. The lowest BCUT2D eigenvalue weighted by Gasteiger charge is -2.21. The average Bonchev–Trinajstić information content (AvgIpc) is 3.56. The number of nitrogens with zero attached hydrogens (tertiary/aromatic N) is 6. The summed E-state index contributed by atoms with van der Waals surface area (Å²) in [5, 5.41) is 2.39. The molecule has 6 heteroatoms. The molecule has 0 saturated heterocycles. The third-order valence-electron chi connectivity index (χ3n) is 9.19. The summed E-state index contributed by atoms with van der Waals surface area (Å²) in [6, 6.07) is 41.9. The monoisotopic (exact) mass is 592 g/mol. The molecule has 0 aliphatic heterocycles. The van der Waals surface area contributed by atoms with E-state index in [1.807, 2.05) is 66.9 Å². The lowest BCUT2D eigenvalue weighted by Crippen LogP contribution is -2.15. The van der Waals surface area contributed by atoms with Gasteiger partial charge in [-0.1, -0.05) is 105 Å². The van der Waals surface area contributed by atoms with Crippen molar-refractivity contribution in [3.05, 3.63) is 145 Å². The van der Waals surface area contributed by atoms with Gasteiger partial charge in [0.05, 0.1) is 16.7 Å². The van der Waals surface area contributed by atoms with Gasteiger partial charge < -0.3 is 4.57 Å². The number of para-hydroxylation sites is 1. The number of benzene rings is 5. The maximum Gasteiger partial charge on any atom is 0.164 e. The number of fused-ring (bicyclic) bond motifs is 6. The number of rotatable bonds is 4. The fraction of sp³-hybridized carbons (Fsp3) is 0.0750. The van der Waals surface area contributed by atoms with Crippen molar-refractivity contribution >= 4 is 21.8 Å². The van der Waals surface area contributed by atoms with Crippen molar-refractivity contribution in [1.82, 2.24) is 29.5 Å². The molecule has 1 aliphatic rings. The van der Waals surface area contributed by atoms with Crippen LogP contribution < -0.4 is 0 Å². The van der Waals surface area contributed by atoms with Crippen molar-refractivity contribution in [3.63, 3.8) is 0 Å². The zero-order valence-corrected chi connectivity index (χ0v) is 25.4. The van der Waals surface area contributed by atoms with E-state index in [0.29, 0.717) is 17.5 Å². The van der Waals surface area contributed by atoms with E-state index in [1.165, 1.54) is 21.9 Å². The van der Waals surface area contributed by atoms with E-state index in [4.69, 9.17) is 19.9 Å². The van der Waals surface area contributed by atoms with Crippen LogP contribution >= 0.6 is 0 Å². The first-order valence-electron chi connectivity index (χ1n) is 15.4. The van der Waals surface area contributed by atoms with E-state index in [9.17, 15) is 0 Å². The molecule has 218 valence electrons. The van der Waals surface area contributed by atoms with Crippen LogP contribution in [0, 0.1) is 0 Å². The molecule has 0 spiro atoms. The van der Waals surface area contributed by atoms with E-state index in [-0.39, 0.29) is 5.41 Å². The van der Waals surface area contributed by atoms with Crippen LogP contribution in [0.15, 0.2) is 134 Å². The van der Waals surface area contributed by atoms with Gasteiger partial charge in [-0.2, -0.15) is 0 Å². The smallest absolute Gasteiger partial charge is 0.164 e. The largest absolute Gasteiger partial charge is 0.309 e. The van der Waals surface area contributed by atoms with Crippen LogP contribution in [-0.4, -0.2) is 29.5 Å². The predicted molar refractivity (Wildman–Crippen MR) is 184 cm³/mol. The fourth-order valence-electron chi connectivity index (χ4n) is 6.87. The second kappa shape index (κ2) is 10.0. The molecule has 0 N–H and O–H groups in total. The molecule has 0 unspecified atom stereocenters. The Bertz CT molecular complexity index is 2390. The number of hydrogen-bond donors (Lipinski definition) is 0. The molecular formula is C40H28N6. The van der Waals surface area contributed by atoms with Crippen molar-refractivity contribution < 1.29 is 0 Å². The summed E-state index contributed by atoms with van der Waals surface area (Å²) in [6.07, 6.45) is 3.61. The summed E-state index contributed by atoms with van der Waals surface area (Å²) in [5.74, 6) is 1.92.